The molecule has 0 spiro atoms. The first kappa shape index (κ1) is 14.1. The first-order valence-corrected chi connectivity index (χ1v) is 6.97. The molecule has 0 fully saturated rings. The molecule has 17 heavy (non-hydrogen) atoms. The lowest BCUT2D eigenvalue weighted by Crippen LogP contribution is -2.38. The Morgan fingerprint density at radius 3 is 2.53 bits per heavy atom. The van der Waals surface area contributed by atoms with Crippen LogP contribution in [0.15, 0.2) is 30.3 Å². The Kier molecular flexibility index (Phi) is 6.08. The fraction of sp³-hybridized carbons (Fsp3) is 0.462. The van der Waals surface area contributed by atoms with Crippen molar-refractivity contribution in [1.29, 1.82) is 0 Å². The highest BCUT2D eigenvalue weighted by Gasteiger charge is 2.18. The maximum atomic E-state index is 12.1. The Balaban J connectivity index is 2.70. The Labute approximate surface area is 107 Å². The third-order valence-corrected chi connectivity index (χ3v) is 3.28. The van der Waals surface area contributed by atoms with E-state index in [4.69, 9.17) is 5.73 Å². The minimum absolute atomic E-state index is 0.143. The monoisotopic (exact) mass is 252 g/mol. The molecule has 0 atom stereocenters. The predicted octanol–water partition coefficient (Wildman–Crippen LogP) is 2.12. The lowest BCUT2D eigenvalue weighted by molar-refractivity contribution is -0.116. The molecular formula is C13H20N2OS. The Hall–Kier alpha value is -1.00. The maximum absolute atomic E-state index is 12.1. The summed E-state index contributed by atoms with van der Waals surface area (Å²) in [6, 6.07) is 9.95. The van der Waals surface area contributed by atoms with Crippen molar-refractivity contribution in [2.75, 3.05) is 23.0 Å². The topological polar surface area (TPSA) is 46.3 Å². The van der Waals surface area contributed by atoms with Crippen molar-refractivity contribution in [1.82, 2.24) is 0 Å². The quantitative estimate of drug-likeness (QED) is 0.789. The molecule has 0 saturated heterocycles. The molecule has 0 saturated carbocycles. The molecule has 0 aliphatic carbocycles. The van der Waals surface area contributed by atoms with E-state index in [1.54, 1.807) is 11.8 Å². The predicted molar refractivity (Wildman–Crippen MR) is 75.4 cm³/mol. The van der Waals surface area contributed by atoms with E-state index < -0.39 is 0 Å². The summed E-state index contributed by atoms with van der Waals surface area (Å²) in [6.45, 7) is 4.67. The first-order valence-electron chi connectivity index (χ1n) is 5.81. The van der Waals surface area contributed by atoms with Gasteiger partial charge < -0.3 is 10.6 Å². The average Bonchev–Trinajstić information content (AvgIpc) is 2.30. The summed E-state index contributed by atoms with van der Waals surface area (Å²) in [4.78, 5) is 14.0. The second kappa shape index (κ2) is 7.35. The van der Waals surface area contributed by atoms with Crippen molar-refractivity contribution in [3.05, 3.63) is 30.3 Å². The minimum Gasteiger partial charge on any atom is -0.330 e. The van der Waals surface area contributed by atoms with Gasteiger partial charge in [-0.15, -0.1) is 0 Å². The zero-order valence-electron chi connectivity index (χ0n) is 10.4. The van der Waals surface area contributed by atoms with Crippen molar-refractivity contribution in [2.45, 2.75) is 19.9 Å². The van der Waals surface area contributed by atoms with Gasteiger partial charge in [0.25, 0.3) is 0 Å². The second-order valence-corrected chi connectivity index (χ2v) is 5.14. The normalized spacial score (nSPS) is 10.6. The molecular weight excluding hydrogens is 232 g/mol. The Morgan fingerprint density at radius 2 is 2.00 bits per heavy atom. The van der Waals surface area contributed by atoms with Crippen molar-refractivity contribution in [3.8, 4) is 0 Å². The summed E-state index contributed by atoms with van der Waals surface area (Å²) in [5.74, 6) is 1.46. The van der Waals surface area contributed by atoms with Crippen LogP contribution in [0.4, 0.5) is 5.69 Å². The van der Waals surface area contributed by atoms with Gasteiger partial charge in [0.05, 0.1) is 5.75 Å². The van der Waals surface area contributed by atoms with Gasteiger partial charge in [0.1, 0.15) is 0 Å². The van der Waals surface area contributed by atoms with Crippen LogP contribution in [0.3, 0.4) is 0 Å². The van der Waals surface area contributed by atoms with Gasteiger partial charge >= 0.3 is 0 Å². The van der Waals surface area contributed by atoms with E-state index in [0.717, 1.165) is 11.4 Å². The molecule has 1 aromatic rings. The summed E-state index contributed by atoms with van der Waals surface area (Å²) >= 11 is 1.59. The number of amides is 1. The molecule has 0 aliphatic heterocycles. The van der Waals surface area contributed by atoms with Gasteiger partial charge in [-0.3, -0.25) is 4.79 Å². The zero-order valence-corrected chi connectivity index (χ0v) is 11.2. The number of hydrogen-bond acceptors (Lipinski definition) is 3. The van der Waals surface area contributed by atoms with Crippen LogP contribution < -0.4 is 10.6 Å². The molecule has 2 N–H and O–H groups in total. The molecule has 94 valence electrons. The highest BCUT2D eigenvalue weighted by Crippen LogP contribution is 2.18. The van der Waals surface area contributed by atoms with Crippen molar-refractivity contribution in [3.63, 3.8) is 0 Å². The van der Waals surface area contributed by atoms with Gasteiger partial charge in [-0.05, 0) is 26.0 Å². The third kappa shape index (κ3) is 4.40. The second-order valence-electron chi connectivity index (χ2n) is 4.03. The summed E-state index contributed by atoms with van der Waals surface area (Å²) in [7, 11) is 0. The van der Waals surface area contributed by atoms with Crippen molar-refractivity contribution < 1.29 is 4.79 Å². The standard InChI is InChI=1S/C13H20N2OS/c1-11(2)15(12-6-4-3-5-7-12)13(16)10-17-9-8-14/h3-7,11H,8-10,14H2,1-2H3. The number of carbonyl (C=O) groups excluding carboxylic acids is 1. The van der Waals surface area contributed by atoms with Gasteiger partial charge in [-0.25, -0.2) is 0 Å². The van der Waals surface area contributed by atoms with Crippen LogP contribution in [0.5, 0.6) is 0 Å². The molecule has 0 unspecified atom stereocenters. The molecule has 4 heteroatoms. The SMILES string of the molecule is CC(C)N(C(=O)CSCCN)c1ccccc1. The molecule has 1 rings (SSSR count). The molecule has 3 nitrogen and oxygen atoms in total. The van der Waals surface area contributed by atoms with Crippen molar-refractivity contribution >= 4 is 23.4 Å². The summed E-state index contributed by atoms with van der Waals surface area (Å²) in [5, 5.41) is 0. The number of carbonyl (C=O) groups is 1. The first-order chi connectivity index (χ1) is 8.16. The summed E-state index contributed by atoms with van der Waals surface area (Å²) in [5.41, 5.74) is 6.38. The van der Waals surface area contributed by atoms with Crippen LogP contribution in [0, 0.1) is 0 Å². The van der Waals surface area contributed by atoms with E-state index in [-0.39, 0.29) is 11.9 Å². The number of thioether (sulfide) groups is 1. The molecule has 1 amide bonds. The van der Waals surface area contributed by atoms with Gasteiger partial charge in [0.2, 0.25) is 5.91 Å². The molecule has 1 aromatic carbocycles. The number of anilines is 1. The van der Waals surface area contributed by atoms with E-state index >= 15 is 0 Å². The largest absolute Gasteiger partial charge is 0.330 e. The van der Waals surface area contributed by atoms with Crippen LogP contribution in [-0.4, -0.2) is 30.0 Å². The number of hydrogen-bond donors (Lipinski definition) is 1. The van der Waals surface area contributed by atoms with E-state index in [1.807, 2.05) is 49.1 Å². The van der Waals surface area contributed by atoms with E-state index in [9.17, 15) is 4.79 Å². The number of benzene rings is 1. The van der Waals surface area contributed by atoms with Gasteiger partial charge in [0, 0.05) is 24.0 Å². The molecule has 0 bridgehead atoms. The van der Waals surface area contributed by atoms with E-state index in [2.05, 4.69) is 0 Å². The lowest BCUT2D eigenvalue weighted by atomic mass is 10.2. The Bertz CT molecular complexity index is 341. The molecule has 0 aromatic heterocycles. The van der Waals surface area contributed by atoms with Crippen LogP contribution >= 0.6 is 11.8 Å². The zero-order chi connectivity index (χ0) is 12.7. The third-order valence-electron chi connectivity index (χ3n) is 2.31. The molecule has 0 aliphatic rings. The van der Waals surface area contributed by atoms with Gasteiger partial charge in [-0.1, -0.05) is 18.2 Å². The van der Waals surface area contributed by atoms with Crippen molar-refractivity contribution in [2.24, 2.45) is 5.73 Å². The maximum Gasteiger partial charge on any atom is 0.237 e. The smallest absolute Gasteiger partial charge is 0.237 e. The molecule has 0 radical (unpaired) electrons. The fourth-order valence-electron chi connectivity index (χ4n) is 1.63. The average molecular weight is 252 g/mol. The van der Waals surface area contributed by atoms with Gasteiger partial charge in [-0.2, -0.15) is 11.8 Å². The summed E-state index contributed by atoms with van der Waals surface area (Å²) in [6.07, 6.45) is 0. The molecule has 0 heterocycles. The number of para-hydroxylation sites is 1. The number of nitrogens with zero attached hydrogens (tertiary/aromatic N) is 1. The highest BCUT2D eigenvalue weighted by atomic mass is 32.2. The number of rotatable bonds is 6. The number of nitrogens with two attached hydrogens (primary N) is 1. The van der Waals surface area contributed by atoms with E-state index in [0.29, 0.717) is 12.3 Å². The lowest BCUT2D eigenvalue weighted by Gasteiger charge is -2.26. The van der Waals surface area contributed by atoms with E-state index in [1.165, 1.54) is 0 Å². The Morgan fingerprint density at radius 1 is 1.35 bits per heavy atom. The van der Waals surface area contributed by atoms with Gasteiger partial charge in [0.15, 0.2) is 0 Å². The fourth-order valence-corrected chi connectivity index (χ4v) is 2.26. The minimum atomic E-state index is 0.143. The summed E-state index contributed by atoms with van der Waals surface area (Å²) < 4.78 is 0. The van der Waals surface area contributed by atoms with Crippen LogP contribution in [0.25, 0.3) is 0 Å². The van der Waals surface area contributed by atoms with Crippen LogP contribution in [-0.2, 0) is 4.79 Å². The highest BCUT2D eigenvalue weighted by molar-refractivity contribution is 7.99. The van der Waals surface area contributed by atoms with Crippen LogP contribution in [0.2, 0.25) is 0 Å². The van der Waals surface area contributed by atoms with Crippen LogP contribution in [0.1, 0.15) is 13.8 Å².